The lowest BCUT2D eigenvalue weighted by Gasteiger charge is -2.12. The molecule has 3 aromatic carbocycles. The lowest BCUT2D eigenvalue weighted by Crippen LogP contribution is -2.20. The number of aryl methyl sites for hydroxylation is 2. The first kappa shape index (κ1) is 25.5. The summed E-state index contributed by atoms with van der Waals surface area (Å²) in [5.74, 6) is -0.507. The van der Waals surface area contributed by atoms with E-state index in [1.54, 1.807) is 24.3 Å². The first-order chi connectivity index (χ1) is 16.7. The minimum Gasteiger partial charge on any atom is -0.482 e. The summed E-state index contributed by atoms with van der Waals surface area (Å²) in [5, 5.41) is 15.4. The highest BCUT2D eigenvalue weighted by Gasteiger charge is 2.13. The van der Waals surface area contributed by atoms with Gasteiger partial charge in [0.2, 0.25) is 0 Å². The van der Waals surface area contributed by atoms with Gasteiger partial charge in [-0.25, -0.2) is 0 Å². The molecule has 0 unspecified atom stereocenters. The molecule has 7 heteroatoms. The second kappa shape index (κ2) is 11.4. The summed E-state index contributed by atoms with van der Waals surface area (Å²) in [7, 11) is 0. The number of hydrogen-bond donors (Lipinski definition) is 2. The fourth-order valence-corrected chi connectivity index (χ4v) is 3.57. The molecule has 0 radical (unpaired) electrons. The van der Waals surface area contributed by atoms with Crippen LogP contribution in [0.2, 0.25) is 5.02 Å². The second-order valence-corrected chi connectivity index (χ2v) is 8.55. The number of carbonyl (C=O) groups excluding carboxylic acids is 2. The van der Waals surface area contributed by atoms with Crippen LogP contribution in [0.5, 0.6) is 5.75 Å². The molecule has 6 nitrogen and oxygen atoms in total. The van der Waals surface area contributed by atoms with Crippen molar-refractivity contribution in [3.05, 3.63) is 93.0 Å². The van der Waals surface area contributed by atoms with Crippen molar-refractivity contribution in [2.45, 2.75) is 27.7 Å². The van der Waals surface area contributed by atoms with Crippen LogP contribution < -0.4 is 15.4 Å². The zero-order chi connectivity index (χ0) is 25.5. The Bertz CT molecular complexity index is 1360. The predicted molar refractivity (Wildman–Crippen MR) is 140 cm³/mol. The van der Waals surface area contributed by atoms with Crippen molar-refractivity contribution in [2.24, 2.45) is 0 Å². The molecule has 2 amide bonds. The quantitative estimate of drug-likeness (QED) is 0.309. The molecule has 0 aromatic heterocycles. The highest BCUT2D eigenvalue weighted by Crippen LogP contribution is 2.27. The van der Waals surface area contributed by atoms with E-state index in [1.807, 2.05) is 64.1 Å². The van der Waals surface area contributed by atoms with Crippen LogP contribution in [-0.2, 0) is 9.59 Å². The van der Waals surface area contributed by atoms with Gasteiger partial charge in [-0.05, 0) is 85.9 Å². The second-order valence-electron chi connectivity index (χ2n) is 8.15. The number of nitriles is 1. The third kappa shape index (κ3) is 6.50. The van der Waals surface area contributed by atoms with Gasteiger partial charge >= 0.3 is 0 Å². The number of ether oxygens (including phenoxy) is 1. The van der Waals surface area contributed by atoms with Gasteiger partial charge in [-0.2, -0.15) is 5.26 Å². The van der Waals surface area contributed by atoms with Crippen molar-refractivity contribution >= 4 is 40.9 Å². The summed E-state index contributed by atoms with van der Waals surface area (Å²) >= 11 is 6.32. The number of rotatable bonds is 7. The van der Waals surface area contributed by atoms with Gasteiger partial charge in [0.1, 0.15) is 17.4 Å². The lowest BCUT2D eigenvalue weighted by atomic mass is 10.1. The largest absolute Gasteiger partial charge is 0.482 e. The van der Waals surface area contributed by atoms with E-state index >= 15 is 0 Å². The van der Waals surface area contributed by atoms with Gasteiger partial charge in [-0.3, -0.25) is 9.59 Å². The minimum absolute atomic E-state index is 0.0662. The number of hydrogen-bond acceptors (Lipinski definition) is 4. The van der Waals surface area contributed by atoms with Crippen LogP contribution in [0.15, 0.2) is 60.2 Å². The number of amides is 2. The average molecular weight is 488 g/mol. The normalized spacial score (nSPS) is 10.9. The number of halogens is 1. The van der Waals surface area contributed by atoms with E-state index in [9.17, 15) is 14.9 Å². The molecular formula is C28H26ClN3O3. The van der Waals surface area contributed by atoms with Gasteiger partial charge in [-0.1, -0.05) is 41.9 Å². The van der Waals surface area contributed by atoms with E-state index in [-0.39, 0.29) is 23.1 Å². The van der Waals surface area contributed by atoms with Crippen LogP contribution in [0.25, 0.3) is 6.08 Å². The molecule has 0 heterocycles. The maximum absolute atomic E-state index is 12.6. The van der Waals surface area contributed by atoms with Crippen molar-refractivity contribution in [1.29, 1.82) is 5.26 Å². The van der Waals surface area contributed by atoms with E-state index in [2.05, 4.69) is 10.6 Å². The van der Waals surface area contributed by atoms with Gasteiger partial charge < -0.3 is 15.4 Å². The lowest BCUT2D eigenvalue weighted by molar-refractivity contribution is -0.118. The molecule has 2 N–H and O–H groups in total. The Kier molecular flexibility index (Phi) is 8.30. The smallest absolute Gasteiger partial charge is 0.266 e. The van der Waals surface area contributed by atoms with Gasteiger partial charge in [-0.15, -0.1) is 0 Å². The van der Waals surface area contributed by atoms with Crippen LogP contribution in [0.4, 0.5) is 11.4 Å². The summed E-state index contributed by atoms with van der Waals surface area (Å²) in [5.41, 5.74) is 5.91. The van der Waals surface area contributed by atoms with Crippen molar-refractivity contribution < 1.29 is 14.3 Å². The Labute approximate surface area is 210 Å². The van der Waals surface area contributed by atoms with E-state index in [0.29, 0.717) is 17.0 Å². The zero-order valence-corrected chi connectivity index (χ0v) is 20.8. The maximum Gasteiger partial charge on any atom is 0.266 e. The number of carbonyl (C=O) groups is 2. The summed E-state index contributed by atoms with van der Waals surface area (Å²) in [4.78, 5) is 24.9. The van der Waals surface area contributed by atoms with Crippen molar-refractivity contribution in [3.63, 3.8) is 0 Å². The summed E-state index contributed by atoms with van der Waals surface area (Å²) in [6, 6.07) is 18.0. The van der Waals surface area contributed by atoms with Crippen LogP contribution in [0.3, 0.4) is 0 Å². The molecule has 0 aliphatic heterocycles. The fourth-order valence-electron chi connectivity index (χ4n) is 3.33. The summed E-state index contributed by atoms with van der Waals surface area (Å²) in [6.07, 6.45) is 1.45. The van der Waals surface area contributed by atoms with Crippen LogP contribution >= 0.6 is 11.6 Å². The highest BCUT2D eigenvalue weighted by atomic mass is 35.5. The Balaban J connectivity index is 1.66. The maximum atomic E-state index is 12.6. The number of anilines is 2. The highest BCUT2D eigenvalue weighted by molar-refractivity contribution is 6.32. The third-order valence-corrected chi connectivity index (χ3v) is 6.02. The van der Waals surface area contributed by atoms with E-state index in [1.165, 1.54) is 6.08 Å². The van der Waals surface area contributed by atoms with Gasteiger partial charge in [0.15, 0.2) is 6.61 Å². The molecule has 0 fully saturated rings. The number of benzene rings is 3. The molecule has 35 heavy (non-hydrogen) atoms. The standard InChI is InChI=1S/C28H26ClN3O3/c1-17-7-5-9-24(19(17)3)31-27(33)16-35-26-12-11-21(14-23(26)29)13-22(15-30)28(34)32-25-10-6-8-18(2)20(25)4/h5-14H,16H2,1-4H3,(H,31,33)(H,32,34)/b22-13-. The first-order valence-corrected chi connectivity index (χ1v) is 11.3. The molecule has 0 saturated carbocycles. The molecule has 0 saturated heterocycles. The van der Waals surface area contributed by atoms with Crippen LogP contribution in [-0.4, -0.2) is 18.4 Å². The predicted octanol–water partition coefficient (Wildman–Crippen LogP) is 6.14. The van der Waals surface area contributed by atoms with Gasteiger partial charge in [0.25, 0.3) is 11.8 Å². The Morgan fingerprint density at radius 1 is 0.943 bits per heavy atom. The fraction of sp³-hybridized carbons (Fsp3) is 0.179. The zero-order valence-electron chi connectivity index (χ0n) is 20.0. The van der Waals surface area contributed by atoms with Crippen molar-refractivity contribution in [2.75, 3.05) is 17.2 Å². The van der Waals surface area contributed by atoms with E-state index in [0.717, 1.165) is 27.9 Å². The Hall–Kier alpha value is -4.08. The minimum atomic E-state index is -0.513. The molecule has 0 atom stereocenters. The van der Waals surface area contributed by atoms with Crippen LogP contribution in [0, 0.1) is 39.0 Å². The van der Waals surface area contributed by atoms with Gasteiger partial charge in [0.05, 0.1) is 5.02 Å². The SMILES string of the molecule is Cc1cccc(NC(=O)COc2ccc(/C=C(/C#N)C(=O)Nc3cccc(C)c3C)cc2Cl)c1C. The molecule has 0 aliphatic rings. The first-order valence-electron chi connectivity index (χ1n) is 11.0. The number of nitrogens with one attached hydrogen (secondary N) is 2. The van der Waals surface area contributed by atoms with Crippen molar-refractivity contribution in [1.82, 2.24) is 0 Å². The molecule has 3 rings (SSSR count). The Morgan fingerprint density at radius 3 is 2.11 bits per heavy atom. The Morgan fingerprint density at radius 2 is 1.54 bits per heavy atom. The summed E-state index contributed by atoms with van der Waals surface area (Å²) < 4.78 is 5.57. The topological polar surface area (TPSA) is 91.2 Å². The molecular weight excluding hydrogens is 462 g/mol. The monoisotopic (exact) mass is 487 g/mol. The molecule has 3 aromatic rings. The van der Waals surface area contributed by atoms with E-state index < -0.39 is 5.91 Å². The van der Waals surface area contributed by atoms with Crippen molar-refractivity contribution in [3.8, 4) is 11.8 Å². The van der Waals surface area contributed by atoms with E-state index in [4.69, 9.17) is 16.3 Å². The molecule has 0 spiro atoms. The molecule has 0 aliphatic carbocycles. The third-order valence-electron chi connectivity index (χ3n) is 5.72. The summed E-state index contributed by atoms with van der Waals surface area (Å²) in [6.45, 7) is 7.55. The number of nitrogens with zero attached hydrogens (tertiary/aromatic N) is 1. The van der Waals surface area contributed by atoms with Crippen LogP contribution in [0.1, 0.15) is 27.8 Å². The molecule has 178 valence electrons. The molecule has 0 bridgehead atoms. The average Bonchev–Trinajstić information content (AvgIpc) is 2.82. The van der Waals surface area contributed by atoms with Gasteiger partial charge in [0, 0.05) is 11.4 Å².